The number of likely N-dealkylation sites (tertiary alicyclic amines) is 1. The zero-order valence-corrected chi connectivity index (χ0v) is 19.6. The summed E-state index contributed by atoms with van der Waals surface area (Å²) in [5.41, 5.74) is 4.93. The Morgan fingerprint density at radius 3 is 2.65 bits per heavy atom. The molecule has 0 aromatic heterocycles. The minimum Gasteiger partial charge on any atom is -0.481 e. The third-order valence-corrected chi connectivity index (χ3v) is 6.45. The van der Waals surface area contributed by atoms with Gasteiger partial charge in [0.15, 0.2) is 0 Å². The number of nitrogens with zero attached hydrogens (tertiary/aromatic N) is 2. The van der Waals surface area contributed by atoms with Gasteiger partial charge in [0.2, 0.25) is 0 Å². The Morgan fingerprint density at radius 2 is 2.00 bits per heavy atom. The van der Waals surface area contributed by atoms with Crippen molar-refractivity contribution in [3.05, 3.63) is 34.9 Å². The van der Waals surface area contributed by atoms with E-state index in [9.17, 15) is 14.7 Å². The van der Waals surface area contributed by atoms with Gasteiger partial charge in [0.25, 0.3) is 0 Å². The summed E-state index contributed by atoms with van der Waals surface area (Å²) in [7, 11) is 0. The molecule has 3 rings (SSSR count). The fourth-order valence-electron chi connectivity index (χ4n) is 4.68. The SMILES string of the molecule is CC(C)NC(=O)N1CC[C@@H](CC(=O)O)[C@@H](CC2=NCCc3ccc(C(C)(C)C)cc32)C1. The summed E-state index contributed by atoms with van der Waals surface area (Å²) in [6.45, 7) is 12.5. The molecule has 2 aliphatic rings. The normalized spacial score (nSPS) is 21.5. The van der Waals surface area contributed by atoms with E-state index in [2.05, 4.69) is 44.3 Å². The van der Waals surface area contributed by atoms with E-state index < -0.39 is 5.97 Å². The summed E-state index contributed by atoms with van der Waals surface area (Å²) in [6.07, 6.45) is 2.51. The van der Waals surface area contributed by atoms with E-state index >= 15 is 0 Å². The van der Waals surface area contributed by atoms with Crippen molar-refractivity contribution in [2.24, 2.45) is 16.8 Å². The number of piperidine rings is 1. The Labute approximate surface area is 186 Å². The van der Waals surface area contributed by atoms with Gasteiger partial charge in [-0.1, -0.05) is 32.9 Å². The molecule has 31 heavy (non-hydrogen) atoms. The van der Waals surface area contributed by atoms with Crippen LogP contribution in [0.3, 0.4) is 0 Å². The van der Waals surface area contributed by atoms with E-state index in [0.29, 0.717) is 25.9 Å². The first-order valence-corrected chi connectivity index (χ1v) is 11.5. The first-order chi connectivity index (χ1) is 14.5. The molecule has 2 amide bonds. The monoisotopic (exact) mass is 427 g/mol. The summed E-state index contributed by atoms with van der Waals surface area (Å²) < 4.78 is 0. The first kappa shape index (κ1) is 23.3. The summed E-state index contributed by atoms with van der Waals surface area (Å²) in [4.78, 5) is 30.8. The van der Waals surface area contributed by atoms with Gasteiger partial charge < -0.3 is 15.3 Å². The Kier molecular flexibility index (Phi) is 7.07. The van der Waals surface area contributed by atoms with E-state index in [-0.39, 0.29) is 35.7 Å². The molecule has 0 radical (unpaired) electrons. The number of hydrogen-bond acceptors (Lipinski definition) is 3. The molecule has 2 N–H and O–H groups in total. The molecular weight excluding hydrogens is 390 g/mol. The van der Waals surface area contributed by atoms with Gasteiger partial charge in [0.1, 0.15) is 0 Å². The van der Waals surface area contributed by atoms with Crippen LogP contribution in [0.25, 0.3) is 0 Å². The molecule has 2 heterocycles. The largest absolute Gasteiger partial charge is 0.481 e. The fraction of sp³-hybridized carbons (Fsp3) is 0.640. The number of hydrogen-bond donors (Lipinski definition) is 2. The van der Waals surface area contributed by atoms with Crippen LogP contribution in [0.2, 0.25) is 0 Å². The predicted octanol–water partition coefficient (Wildman–Crippen LogP) is 4.25. The van der Waals surface area contributed by atoms with Crippen LogP contribution in [0.15, 0.2) is 23.2 Å². The Morgan fingerprint density at radius 1 is 1.26 bits per heavy atom. The lowest BCUT2D eigenvalue weighted by molar-refractivity contribution is -0.138. The van der Waals surface area contributed by atoms with Gasteiger partial charge in [-0.25, -0.2) is 4.79 Å². The number of aliphatic imine (C=N–C) groups is 1. The smallest absolute Gasteiger partial charge is 0.317 e. The topological polar surface area (TPSA) is 82.0 Å². The zero-order chi connectivity index (χ0) is 22.8. The predicted molar refractivity (Wildman–Crippen MR) is 124 cm³/mol. The van der Waals surface area contributed by atoms with Crippen molar-refractivity contribution < 1.29 is 14.7 Å². The number of aliphatic carboxylic acids is 1. The molecule has 2 atom stereocenters. The highest BCUT2D eigenvalue weighted by molar-refractivity contribution is 6.03. The molecule has 6 nitrogen and oxygen atoms in total. The van der Waals surface area contributed by atoms with Crippen LogP contribution in [0.4, 0.5) is 4.79 Å². The van der Waals surface area contributed by atoms with E-state index in [1.807, 2.05) is 18.7 Å². The molecule has 0 spiro atoms. The molecule has 1 fully saturated rings. The van der Waals surface area contributed by atoms with Gasteiger partial charge in [-0.05, 0) is 73.1 Å². The van der Waals surface area contributed by atoms with E-state index in [1.165, 1.54) is 16.7 Å². The number of rotatable bonds is 5. The molecular formula is C25H37N3O3. The average molecular weight is 428 g/mol. The number of carbonyl (C=O) groups is 2. The number of carboxylic acid groups (broad SMARTS) is 1. The summed E-state index contributed by atoms with van der Waals surface area (Å²) >= 11 is 0. The highest BCUT2D eigenvalue weighted by Gasteiger charge is 2.34. The maximum Gasteiger partial charge on any atom is 0.317 e. The lowest BCUT2D eigenvalue weighted by Gasteiger charge is -2.39. The highest BCUT2D eigenvalue weighted by atomic mass is 16.4. The van der Waals surface area contributed by atoms with Crippen molar-refractivity contribution in [2.45, 2.75) is 71.8 Å². The van der Waals surface area contributed by atoms with Crippen LogP contribution in [-0.4, -0.2) is 53.4 Å². The van der Waals surface area contributed by atoms with Crippen LogP contribution in [-0.2, 0) is 16.6 Å². The van der Waals surface area contributed by atoms with Gasteiger partial charge in [0, 0.05) is 37.8 Å². The molecule has 1 aromatic rings. The van der Waals surface area contributed by atoms with Crippen molar-refractivity contribution >= 4 is 17.7 Å². The number of carbonyl (C=O) groups excluding carboxylic acids is 1. The minimum absolute atomic E-state index is 0.0551. The summed E-state index contributed by atoms with van der Waals surface area (Å²) in [5.74, 6) is -0.624. The van der Waals surface area contributed by atoms with Crippen LogP contribution < -0.4 is 5.32 Å². The zero-order valence-electron chi connectivity index (χ0n) is 19.6. The number of urea groups is 1. The van der Waals surface area contributed by atoms with Gasteiger partial charge >= 0.3 is 12.0 Å². The van der Waals surface area contributed by atoms with Crippen LogP contribution >= 0.6 is 0 Å². The Hall–Kier alpha value is -2.37. The second-order valence-electron chi connectivity index (χ2n) is 10.4. The summed E-state index contributed by atoms with van der Waals surface area (Å²) in [5, 5.41) is 12.4. The standard InChI is InChI=1S/C25H37N3O3/c1-16(2)27-24(31)28-11-9-18(13-23(29)30)19(15-28)12-22-21-14-20(25(3,4)5)7-6-17(21)8-10-26-22/h6-7,14,16,18-19H,8-13,15H2,1-5H3,(H,27,31)(H,29,30)/t18-,19-/m0/s1. The maximum absolute atomic E-state index is 12.6. The molecule has 1 saturated heterocycles. The van der Waals surface area contributed by atoms with Gasteiger partial charge in [-0.15, -0.1) is 0 Å². The second-order valence-corrected chi connectivity index (χ2v) is 10.4. The third-order valence-electron chi connectivity index (χ3n) is 6.45. The van der Waals surface area contributed by atoms with E-state index in [0.717, 1.165) is 18.7 Å². The third kappa shape index (κ3) is 5.86. The lowest BCUT2D eigenvalue weighted by Crippen LogP contribution is -2.50. The first-order valence-electron chi connectivity index (χ1n) is 11.5. The molecule has 170 valence electrons. The van der Waals surface area contributed by atoms with Crippen molar-refractivity contribution in [3.63, 3.8) is 0 Å². The van der Waals surface area contributed by atoms with E-state index in [4.69, 9.17) is 4.99 Å². The highest BCUT2D eigenvalue weighted by Crippen LogP contribution is 2.33. The Balaban J connectivity index is 1.84. The Bertz CT molecular complexity index is 854. The fourth-order valence-corrected chi connectivity index (χ4v) is 4.68. The number of fused-ring (bicyclic) bond motifs is 1. The molecule has 6 heteroatoms. The molecule has 2 aliphatic heterocycles. The minimum atomic E-state index is -0.768. The maximum atomic E-state index is 12.6. The van der Waals surface area contributed by atoms with Crippen molar-refractivity contribution in [2.75, 3.05) is 19.6 Å². The summed E-state index contributed by atoms with van der Waals surface area (Å²) in [6, 6.07) is 6.73. The number of amides is 2. The average Bonchev–Trinajstić information content (AvgIpc) is 2.67. The number of benzene rings is 1. The molecule has 0 aliphatic carbocycles. The van der Waals surface area contributed by atoms with Gasteiger partial charge in [0.05, 0.1) is 0 Å². The van der Waals surface area contributed by atoms with Crippen LogP contribution in [0.5, 0.6) is 0 Å². The molecule has 0 saturated carbocycles. The van der Waals surface area contributed by atoms with E-state index in [1.54, 1.807) is 0 Å². The number of nitrogens with one attached hydrogen (secondary N) is 1. The van der Waals surface area contributed by atoms with Crippen molar-refractivity contribution in [1.29, 1.82) is 0 Å². The van der Waals surface area contributed by atoms with Gasteiger partial charge in [-0.3, -0.25) is 9.79 Å². The number of carboxylic acids is 1. The van der Waals surface area contributed by atoms with Crippen LogP contribution in [0, 0.1) is 11.8 Å². The van der Waals surface area contributed by atoms with Crippen molar-refractivity contribution in [1.82, 2.24) is 10.2 Å². The molecule has 0 bridgehead atoms. The molecule has 0 unspecified atom stereocenters. The second kappa shape index (κ2) is 9.41. The van der Waals surface area contributed by atoms with Crippen molar-refractivity contribution in [3.8, 4) is 0 Å². The molecule has 1 aromatic carbocycles. The quantitative estimate of drug-likeness (QED) is 0.737. The lowest BCUT2D eigenvalue weighted by atomic mass is 9.77. The van der Waals surface area contributed by atoms with Crippen LogP contribution in [0.1, 0.15) is 70.6 Å². The van der Waals surface area contributed by atoms with Gasteiger partial charge in [-0.2, -0.15) is 0 Å².